The fraction of sp³-hybridized carbons (Fsp3) is 0.143. The van der Waals surface area contributed by atoms with Crippen LogP contribution in [0.15, 0.2) is 121 Å². The zero-order valence-electron chi connectivity index (χ0n) is 18.0. The van der Waals surface area contributed by atoms with Crippen LogP contribution in [-0.4, -0.2) is 22.6 Å². The van der Waals surface area contributed by atoms with Crippen LogP contribution in [0.4, 0.5) is 0 Å². The van der Waals surface area contributed by atoms with Gasteiger partial charge in [0, 0.05) is 0 Å². The van der Waals surface area contributed by atoms with E-state index in [1.807, 2.05) is 0 Å². The van der Waals surface area contributed by atoms with Crippen molar-refractivity contribution in [2.45, 2.75) is 24.4 Å². The molecule has 4 aromatic carbocycles. The first-order valence-corrected chi connectivity index (χ1v) is 24.7. The second-order valence-electron chi connectivity index (χ2n) is 7.98. The van der Waals surface area contributed by atoms with E-state index in [4.69, 9.17) is 0 Å². The molecule has 0 nitrogen and oxygen atoms in total. The molecule has 0 spiro atoms. The first-order valence-electron chi connectivity index (χ1n) is 11.0. The molecule has 4 rings (SSSR count). The summed E-state index contributed by atoms with van der Waals surface area (Å²) in [5, 5.41) is 2.54. The van der Waals surface area contributed by atoms with Gasteiger partial charge in [0.05, 0.1) is 0 Å². The van der Waals surface area contributed by atoms with Crippen molar-refractivity contribution in [3.05, 3.63) is 121 Å². The molecule has 0 heterocycles. The van der Waals surface area contributed by atoms with Gasteiger partial charge in [0.1, 0.15) is 0 Å². The molecular formula is C28H30Ge2. The third kappa shape index (κ3) is 3.40. The molecule has 0 atom stereocenters. The summed E-state index contributed by atoms with van der Waals surface area (Å²) in [5.41, 5.74) is 0. The molecule has 0 fully saturated rings. The Morgan fingerprint density at radius 2 is 0.567 bits per heavy atom. The van der Waals surface area contributed by atoms with Gasteiger partial charge >= 0.3 is 186 Å². The Kier molecular flexibility index (Phi) is 6.65. The maximum absolute atomic E-state index is 2.82. The third-order valence-corrected chi connectivity index (χ3v) is 61.6. The van der Waals surface area contributed by atoms with Crippen LogP contribution >= 0.6 is 0 Å². The first-order chi connectivity index (χ1) is 14.8. The summed E-state index contributed by atoms with van der Waals surface area (Å²) in [6, 6.07) is 46.3. The van der Waals surface area contributed by atoms with Crippen molar-refractivity contribution in [2.75, 3.05) is 0 Å². The van der Waals surface area contributed by atoms with Crippen LogP contribution in [0.2, 0.25) is 10.5 Å². The molecule has 0 saturated carbocycles. The number of hydrogen-bond donors (Lipinski definition) is 0. The van der Waals surface area contributed by atoms with Crippen molar-refractivity contribution in [1.29, 1.82) is 0 Å². The summed E-state index contributed by atoms with van der Waals surface area (Å²) >= 11 is -5.65. The van der Waals surface area contributed by atoms with Gasteiger partial charge in [-0.15, -0.1) is 0 Å². The molecule has 0 saturated heterocycles. The van der Waals surface area contributed by atoms with E-state index in [-0.39, 0.29) is 0 Å². The van der Waals surface area contributed by atoms with E-state index in [2.05, 4.69) is 135 Å². The molecule has 150 valence electrons. The van der Waals surface area contributed by atoms with Crippen LogP contribution in [0, 0.1) is 0 Å². The molecule has 0 unspecified atom stereocenters. The van der Waals surface area contributed by atoms with Crippen molar-refractivity contribution >= 4 is 40.2 Å². The predicted octanol–water partition coefficient (Wildman–Crippen LogP) is 4.63. The Labute approximate surface area is 185 Å². The Hall–Kier alpha value is -2.03. The van der Waals surface area contributed by atoms with E-state index in [9.17, 15) is 0 Å². The molecule has 0 aliphatic carbocycles. The molecule has 0 aliphatic rings. The summed E-state index contributed by atoms with van der Waals surface area (Å²) in [7, 11) is 0. The van der Waals surface area contributed by atoms with Crippen molar-refractivity contribution in [2.24, 2.45) is 0 Å². The summed E-state index contributed by atoms with van der Waals surface area (Å²) in [6.07, 6.45) is 0. The summed E-state index contributed by atoms with van der Waals surface area (Å²) < 4.78 is 6.56. The predicted molar refractivity (Wildman–Crippen MR) is 137 cm³/mol. The van der Waals surface area contributed by atoms with E-state index >= 15 is 0 Å². The first kappa shape index (κ1) is 21.2. The van der Waals surface area contributed by atoms with Gasteiger partial charge < -0.3 is 0 Å². The standard InChI is InChI=1S/C28H30Ge2/c1-3-29(25-17-9-5-10-18-25,26-19-11-6-12-20-26)30(4-2,27-21-13-7-14-22-27)28-23-15-8-16-24-28/h5-24H,3-4H2,1-2H3. The zero-order valence-corrected chi connectivity index (χ0v) is 22.2. The number of hydrogen-bond acceptors (Lipinski definition) is 0. The van der Waals surface area contributed by atoms with Crippen LogP contribution in [-0.2, 0) is 0 Å². The van der Waals surface area contributed by atoms with Gasteiger partial charge in [0.15, 0.2) is 0 Å². The Morgan fingerprint density at radius 1 is 0.367 bits per heavy atom. The number of rotatable bonds is 7. The van der Waals surface area contributed by atoms with Crippen molar-refractivity contribution in [3.8, 4) is 0 Å². The second-order valence-corrected chi connectivity index (χ2v) is 42.0. The van der Waals surface area contributed by atoms with Crippen LogP contribution in [0.1, 0.15) is 13.8 Å². The quantitative estimate of drug-likeness (QED) is 0.318. The summed E-state index contributed by atoms with van der Waals surface area (Å²) in [6.45, 7) is 4.95. The minimum atomic E-state index is -2.82. The SMILES string of the molecule is C[CH2][Ge]([c]1ccccc1)([c]1ccccc1)[Ge]([CH2]C)([c]1ccccc1)[c]1ccccc1. The van der Waals surface area contributed by atoms with Gasteiger partial charge in [-0.25, -0.2) is 0 Å². The van der Waals surface area contributed by atoms with Crippen molar-refractivity contribution in [1.82, 2.24) is 0 Å². The van der Waals surface area contributed by atoms with Gasteiger partial charge in [0.25, 0.3) is 0 Å². The fourth-order valence-corrected chi connectivity index (χ4v) is 65.4. The van der Waals surface area contributed by atoms with Crippen LogP contribution < -0.4 is 17.6 Å². The summed E-state index contributed by atoms with van der Waals surface area (Å²) in [4.78, 5) is 0. The van der Waals surface area contributed by atoms with Gasteiger partial charge in [-0.05, 0) is 0 Å². The van der Waals surface area contributed by atoms with Gasteiger partial charge in [0.2, 0.25) is 0 Å². The molecular weight excluding hydrogens is 482 g/mol. The molecule has 2 heteroatoms. The Morgan fingerprint density at radius 3 is 0.733 bits per heavy atom. The summed E-state index contributed by atoms with van der Waals surface area (Å²) in [5.74, 6) is 0. The zero-order chi connectivity index (χ0) is 20.9. The minimum absolute atomic E-state index is 1.27. The maximum atomic E-state index is 2.47. The molecule has 30 heavy (non-hydrogen) atoms. The normalized spacial score (nSPS) is 11.9. The molecule has 0 amide bonds. The van der Waals surface area contributed by atoms with Gasteiger partial charge in [-0.1, -0.05) is 0 Å². The molecule has 4 aromatic rings. The Balaban J connectivity index is 2.17. The van der Waals surface area contributed by atoms with Crippen LogP contribution in [0.5, 0.6) is 0 Å². The molecule has 0 N–H and O–H groups in total. The monoisotopic (exact) mass is 514 g/mol. The van der Waals surface area contributed by atoms with Crippen LogP contribution in [0.3, 0.4) is 0 Å². The number of benzene rings is 4. The molecule has 0 bridgehead atoms. The Bertz CT molecular complexity index is 877. The third-order valence-electron chi connectivity index (χ3n) is 6.86. The fourth-order valence-electron chi connectivity index (χ4n) is 5.63. The molecule has 0 aliphatic heterocycles. The van der Waals surface area contributed by atoms with E-state index in [1.165, 1.54) is 10.5 Å². The molecule has 0 aromatic heterocycles. The van der Waals surface area contributed by atoms with Crippen molar-refractivity contribution < 1.29 is 0 Å². The van der Waals surface area contributed by atoms with Crippen molar-refractivity contribution in [3.63, 3.8) is 0 Å². The van der Waals surface area contributed by atoms with E-state index in [0.29, 0.717) is 0 Å². The second kappa shape index (κ2) is 9.41. The van der Waals surface area contributed by atoms with E-state index in [0.717, 1.165) is 0 Å². The van der Waals surface area contributed by atoms with Gasteiger partial charge in [-0.3, -0.25) is 0 Å². The van der Waals surface area contributed by atoms with Crippen LogP contribution in [0.25, 0.3) is 0 Å². The van der Waals surface area contributed by atoms with E-state index in [1.54, 1.807) is 17.6 Å². The molecule has 0 radical (unpaired) electrons. The van der Waals surface area contributed by atoms with E-state index < -0.39 is 22.6 Å². The van der Waals surface area contributed by atoms with Gasteiger partial charge in [-0.2, -0.15) is 0 Å². The topological polar surface area (TPSA) is 0 Å². The average molecular weight is 512 g/mol. The average Bonchev–Trinajstić information content (AvgIpc) is 2.85.